The zero-order valence-electron chi connectivity index (χ0n) is 10.2. The van der Waals surface area contributed by atoms with Gasteiger partial charge in [-0.2, -0.15) is 5.10 Å². The summed E-state index contributed by atoms with van der Waals surface area (Å²) >= 11 is 0. The number of nitrogens with zero attached hydrogens (tertiary/aromatic N) is 2. The summed E-state index contributed by atoms with van der Waals surface area (Å²) in [6.45, 7) is 0.748. The summed E-state index contributed by atoms with van der Waals surface area (Å²) in [5, 5.41) is 6.27. The third kappa shape index (κ3) is 3.41. The Bertz CT molecular complexity index is 411. The first-order valence-corrected chi connectivity index (χ1v) is 6.11. The van der Waals surface area contributed by atoms with E-state index in [9.17, 15) is 4.79 Å². The number of ketones is 1. The highest BCUT2D eigenvalue weighted by Gasteiger charge is 2.17. The van der Waals surface area contributed by atoms with E-state index < -0.39 is 0 Å². The van der Waals surface area contributed by atoms with Gasteiger partial charge in [0.2, 0.25) is 0 Å². The number of benzene rings is 1. The van der Waals surface area contributed by atoms with Crippen LogP contribution in [0, 0.1) is 0 Å². The molecule has 1 saturated carbocycles. The quantitative estimate of drug-likeness (QED) is 0.748. The first kappa shape index (κ1) is 11.8. The number of carbonyl (C=O) groups is 1. The van der Waals surface area contributed by atoms with Crippen molar-refractivity contribution in [3.8, 4) is 0 Å². The average Bonchev–Trinajstić information content (AvgIpc) is 2.33. The van der Waals surface area contributed by atoms with Gasteiger partial charge in [-0.3, -0.25) is 9.80 Å². The second-order valence-electron chi connectivity index (χ2n) is 4.48. The monoisotopic (exact) mass is 230 g/mol. The van der Waals surface area contributed by atoms with E-state index in [4.69, 9.17) is 0 Å². The lowest BCUT2D eigenvalue weighted by molar-refractivity contribution is -0.113. The van der Waals surface area contributed by atoms with Crippen LogP contribution in [0.15, 0.2) is 35.4 Å². The minimum Gasteiger partial charge on any atom is -0.295 e. The van der Waals surface area contributed by atoms with Gasteiger partial charge in [0.25, 0.3) is 0 Å². The van der Waals surface area contributed by atoms with Gasteiger partial charge in [-0.25, -0.2) is 0 Å². The molecule has 0 spiro atoms. The van der Waals surface area contributed by atoms with Crippen LogP contribution in [0.5, 0.6) is 0 Å². The maximum Gasteiger partial charge on any atom is 0.178 e. The molecule has 0 atom stereocenters. The highest BCUT2D eigenvalue weighted by Crippen LogP contribution is 2.13. The molecule has 0 radical (unpaired) electrons. The molecule has 17 heavy (non-hydrogen) atoms. The van der Waals surface area contributed by atoms with Gasteiger partial charge >= 0.3 is 0 Å². The second kappa shape index (κ2) is 5.62. The van der Waals surface area contributed by atoms with Gasteiger partial charge in [-0.15, -0.1) is 0 Å². The Morgan fingerprint density at radius 1 is 1.18 bits per heavy atom. The van der Waals surface area contributed by atoms with Gasteiger partial charge in [-0.05, 0) is 24.8 Å². The molecule has 1 fully saturated rings. The van der Waals surface area contributed by atoms with E-state index in [1.807, 2.05) is 30.3 Å². The van der Waals surface area contributed by atoms with Crippen LogP contribution >= 0.6 is 0 Å². The van der Waals surface area contributed by atoms with E-state index >= 15 is 0 Å². The molecule has 0 aliphatic heterocycles. The van der Waals surface area contributed by atoms with Crippen LogP contribution in [-0.2, 0) is 11.3 Å². The molecule has 0 bridgehead atoms. The normalized spacial score (nSPS) is 18.4. The summed E-state index contributed by atoms with van der Waals surface area (Å²) in [4.78, 5) is 11.6. The first-order valence-electron chi connectivity index (χ1n) is 6.11. The summed E-state index contributed by atoms with van der Waals surface area (Å²) in [7, 11) is 1.92. The molecule has 1 aromatic rings. The van der Waals surface area contributed by atoms with Crippen LogP contribution in [0.1, 0.15) is 31.2 Å². The lowest BCUT2D eigenvalue weighted by Gasteiger charge is -2.17. The molecule has 2 rings (SSSR count). The van der Waals surface area contributed by atoms with Crippen molar-refractivity contribution in [2.24, 2.45) is 5.10 Å². The standard InChI is InChI=1S/C14H18N2O/c1-16(11-12-7-3-2-4-8-12)15-13-9-5-6-10-14(13)17/h2-4,7-8H,5-6,9-11H2,1H3/b15-13-. The molecular weight excluding hydrogens is 212 g/mol. The maximum absolute atomic E-state index is 11.6. The van der Waals surface area contributed by atoms with Gasteiger partial charge < -0.3 is 0 Å². The molecular formula is C14H18N2O. The van der Waals surface area contributed by atoms with Gasteiger partial charge in [-0.1, -0.05) is 30.3 Å². The van der Waals surface area contributed by atoms with Crippen LogP contribution in [0.4, 0.5) is 0 Å². The van der Waals surface area contributed by atoms with Crippen molar-refractivity contribution in [3.05, 3.63) is 35.9 Å². The summed E-state index contributed by atoms with van der Waals surface area (Å²) in [5.74, 6) is 0.219. The molecule has 0 unspecified atom stereocenters. The van der Waals surface area contributed by atoms with E-state index in [0.717, 1.165) is 31.5 Å². The number of hydrazone groups is 1. The van der Waals surface area contributed by atoms with Crippen molar-refractivity contribution < 1.29 is 4.79 Å². The molecule has 3 heteroatoms. The Morgan fingerprint density at radius 3 is 2.59 bits per heavy atom. The molecule has 90 valence electrons. The number of carbonyl (C=O) groups excluding carboxylic acids is 1. The molecule has 0 aromatic heterocycles. The Balaban J connectivity index is 1.98. The fourth-order valence-corrected chi connectivity index (χ4v) is 2.06. The Hall–Kier alpha value is -1.64. The Kier molecular flexibility index (Phi) is 3.91. The molecule has 3 nitrogen and oxygen atoms in total. The fourth-order valence-electron chi connectivity index (χ4n) is 2.06. The molecule has 1 aliphatic rings. The topological polar surface area (TPSA) is 32.7 Å². The molecule has 0 saturated heterocycles. The Morgan fingerprint density at radius 2 is 1.88 bits per heavy atom. The van der Waals surface area contributed by atoms with Crippen LogP contribution in [0.2, 0.25) is 0 Å². The van der Waals surface area contributed by atoms with Gasteiger partial charge in [0.1, 0.15) is 5.71 Å². The predicted molar refractivity (Wildman–Crippen MR) is 68.8 cm³/mol. The van der Waals surface area contributed by atoms with Gasteiger partial charge in [0.15, 0.2) is 5.78 Å². The van der Waals surface area contributed by atoms with Crippen molar-refractivity contribution in [2.45, 2.75) is 32.2 Å². The molecule has 1 aliphatic carbocycles. The minimum atomic E-state index is 0.219. The fraction of sp³-hybridized carbons (Fsp3) is 0.429. The lowest BCUT2D eigenvalue weighted by atomic mass is 9.97. The van der Waals surface area contributed by atoms with Gasteiger partial charge in [0, 0.05) is 13.5 Å². The van der Waals surface area contributed by atoms with E-state index in [0.29, 0.717) is 6.42 Å². The third-order valence-electron chi connectivity index (χ3n) is 2.93. The summed E-state index contributed by atoms with van der Waals surface area (Å²) in [5.41, 5.74) is 1.96. The number of Topliss-reactive ketones (excluding diaryl/α,β-unsaturated/α-hetero) is 1. The van der Waals surface area contributed by atoms with Crippen LogP contribution in [0.25, 0.3) is 0 Å². The van der Waals surface area contributed by atoms with Crippen molar-refractivity contribution >= 4 is 11.5 Å². The summed E-state index contributed by atoms with van der Waals surface area (Å²) in [6, 6.07) is 10.2. The summed E-state index contributed by atoms with van der Waals surface area (Å²) in [6.07, 6.45) is 3.60. The van der Waals surface area contributed by atoms with Crippen LogP contribution in [-0.4, -0.2) is 23.6 Å². The molecule has 0 amide bonds. The Labute approximate surface area is 102 Å². The smallest absolute Gasteiger partial charge is 0.178 e. The van der Waals surface area contributed by atoms with E-state index in [1.54, 1.807) is 0 Å². The minimum absolute atomic E-state index is 0.219. The van der Waals surface area contributed by atoms with Gasteiger partial charge in [0.05, 0.1) is 6.54 Å². The molecule has 0 N–H and O–H groups in total. The van der Waals surface area contributed by atoms with E-state index in [-0.39, 0.29) is 5.78 Å². The highest BCUT2D eigenvalue weighted by molar-refractivity contribution is 6.40. The van der Waals surface area contributed by atoms with E-state index in [1.165, 1.54) is 5.56 Å². The van der Waals surface area contributed by atoms with Crippen LogP contribution < -0.4 is 0 Å². The SMILES string of the molecule is CN(Cc1ccccc1)/N=C1/CCCCC1=O. The third-order valence-corrected chi connectivity index (χ3v) is 2.93. The second-order valence-corrected chi connectivity index (χ2v) is 4.48. The van der Waals surface area contributed by atoms with Crippen molar-refractivity contribution in [1.82, 2.24) is 5.01 Å². The summed E-state index contributed by atoms with van der Waals surface area (Å²) < 4.78 is 0. The first-order chi connectivity index (χ1) is 8.25. The number of hydrogen-bond donors (Lipinski definition) is 0. The zero-order valence-corrected chi connectivity index (χ0v) is 10.2. The van der Waals surface area contributed by atoms with Crippen molar-refractivity contribution in [2.75, 3.05) is 7.05 Å². The predicted octanol–water partition coefficient (Wildman–Crippen LogP) is 2.62. The number of hydrogen-bond acceptors (Lipinski definition) is 3. The lowest BCUT2D eigenvalue weighted by Crippen LogP contribution is -2.23. The van der Waals surface area contributed by atoms with Crippen LogP contribution in [0.3, 0.4) is 0 Å². The van der Waals surface area contributed by atoms with Crippen molar-refractivity contribution in [3.63, 3.8) is 0 Å². The molecule has 0 heterocycles. The van der Waals surface area contributed by atoms with Crippen molar-refractivity contribution in [1.29, 1.82) is 0 Å². The highest BCUT2D eigenvalue weighted by atomic mass is 16.1. The zero-order chi connectivity index (χ0) is 12.1. The largest absolute Gasteiger partial charge is 0.295 e. The maximum atomic E-state index is 11.6. The molecule has 1 aromatic carbocycles. The van der Waals surface area contributed by atoms with E-state index in [2.05, 4.69) is 17.2 Å². The average molecular weight is 230 g/mol. The number of rotatable bonds is 3.